The fourth-order valence-corrected chi connectivity index (χ4v) is 6.39. The van der Waals surface area contributed by atoms with Crippen LogP contribution in [0, 0.1) is 0 Å². The number of carboxylic acid groups (broad SMARTS) is 1. The lowest BCUT2D eigenvalue weighted by Crippen LogP contribution is -2.36. The molecular formula is C29H35N3O4. The van der Waals surface area contributed by atoms with Crippen LogP contribution in [0.3, 0.4) is 0 Å². The third-order valence-corrected chi connectivity index (χ3v) is 8.25. The van der Waals surface area contributed by atoms with Crippen molar-refractivity contribution in [1.29, 1.82) is 0 Å². The van der Waals surface area contributed by atoms with E-state index in [4.69, 9.17) is 0 Å². The van der Waals surface area contributed by atoms with E-state index >= 15 is 0 Å². The first-order valence-corrected chi connectivity index (χ1v) is 13.2. The SMILES string of the molecule is CN(Cc1cccc2c1CC[C@H]1[C@@H]2CCN1CCCCCCN1C(=O)c2ccccc2C1=O)C(=O)O. The average molecular weight is 490 g/mol. The first-order valence-electron chi connectivity index (χ1n) is 13.2. The molecule has 0 saturated carbocycles. The second kappa shape index (κ2) is 10.4. The van der Waals surface area contributed by atoms with Gasteiger partial charge in [0, 0.05) is 32.1 Å². The lowest BCUT2D eigenvalue weighted by molar-refractivity contribution is 0.0651. The minimum Gasteiger partial charge on any atom is -0.465 e. The maximum atomic E-state index is 12.5. The number of fused-ring (bicyclic) bond motifs is 4. The molecule has 0 spiro atoms. The van der Waals surface area contributed by atoms with Crippen molar-refractivity contribution in [3.05, 3.63) is 70.3 Å². The molecule has 2 aromatic rings. The summed E-state index contributed by atoms with van der Waals surface area (Å²) in [4.78, 5) is 41.7. The van der Waals surface area contributed by atoms with Gasteiger partial charge in [-0.25, -0.2) is 4.79 Å². The van der Waals surface area contributed by atoms with Gasteiger partial charge in [-0.1, -0.05) is 43.2 Å². The van der Waals surface area contributed by atoms with Crippen LogP contribution in [-0.2, 0) is 13.0 Å². The summed E-state index contributed by atoms with van der Waals surface area (Å²) >= 11 is 0. The molecule has 0 bridgehead atoms. The molecule has 1 saturated heterocycles. The van der Waals surface area contributed by atoms with Gasteiger partial charge in [-0.15, -0.1) is 0 Å². The van der Waals surface area contributed by atoms with Crippen LogP contribution < -0.4 is 0 Å². The Labute approximate surface area is 212 Å². The number of hydrogen-bond acceptors (Lipinski definition) is 4. The summed E-state index contributed by atoms with van der Waals surface area (Å²) in [6, 6.07) is 14.1. The summed E-state index contributed by atoms with van der Waals surface area (Å²) in [7, 11) is 1.63. The largest absolute Gasteiger partial charge is 0.465 e. The molecule has 2 aromatic carbocycles. The molecule has 7 nitrogen and oxygen atoms in total. The number of benzene rings is 2. The Morgan fingerprint density at radius 2 is 1.64 bits per heavy atom. The number of imide groups is 1. The van der Waals surface area contributed by atoms with Gasteiger partial charge in [-0.05, 0) is 74.0 Å². The second-order valence-corrected chi connectivity index (χ2v) is 10.4. The van der Waals surface area contributed by atoms with Crippen LogP contribution in [0.2, 0.25) is 0 Å². The van der Waals surface area contributed by atoms with Crippen molar-refractivity contribution in [3.8, 4) is 0 Å². The smallest absolute Gasteiger partial charge is 0.407 e. The van der Waals surface area contributed by atoms with Crippen molar-refractivity contribution in [3.63, 3.8) is 0 Å². The zero-order valence-corrected chi connectivity index (χ0v) is 21.0. The first kappa shape index (κ1) is 24.5. The number of likely N-dealkylation sites (tertiary alicyclic amines) is 1. The van der Waals surface area contributed by atoms with Crippen molar-refractivity contribution in [2.45, 2.75) is 63.5 Å². The van der Waals surface area contributed by atoms with E-state index in [2.05, 4.69) is 23.1 Å². The minimum absolute atomic E-state index is 0.158. The summed E-state index contributed by atoms with van der Waals surface area (Å²) in [5.41, 5.74) is 4.99. The molecule has 190 valence electrons. The molecule has 36 heavy (non-hydrogen) atoms. The summed E-state index contributed by atoms with van der Waals surface area (Å²) < 4.78 is 0. The van der Waals surface area contributed by atoms with Gasteiger partial charge in [0.25, 0.3) is 11.8 Å². The fraction of sp³-hybridized carbons (Fsp3) is 0.483. The lowest BCUT2D eigenvalue weighted by atomic mass is 9.77. The molecule has 1 aliphatic carbocycles. The number of hydrogen-bond donors (Lipinski definition) is 1. The fourth-order valence-electron chi connectivity index (χ4n) is 6.39. The van der Waals surface area contributed by atoms with Crippen molar-refractivity contribution < 1.29 is 19.5 Å². The number of nitrogens with zero attached hydrogens (tertiary/aromatic N) is 3. The Bertz CT molecular complexity index is 1130. The normalized spacial score (nSPS) is 20.9. The van der Waals surface area contributed by atoms with E-state index in [1.807, 2.05) is 0 Å². The van der Waals surface area contributed by atoms with Crippen LogP contribution >= 0.6 is 0 Å². The zero-order valence-electron chi connectivity index (χ0n) is 21.0. The lowest BCUT2D eigenvalue weighted by Gasteiger charge is -2.34. The Morgan fingerprint density at radius 1 is 0.944 bits per heavy atom. The maximum Gasteiger partial charge on any atom is 0.407 e. The van der Waals surface area contributed by atoms with Gasteiger partial charge < -0.3 is 10.0 Å². The summed E-state index contributed by atoms with van der Waals surface area (Å²) in [6.45, 7) is 3.14. The molecule has 0 aromatic heterocycles. The summed E-state index contributed by atoms with van der Waals surface area (Å²) in [6.07, 6.45) is 6.49. The van der Waals surface area contributed by atoms with Crippen LogP contribution in [0.4, 0.5) is 4.79 Å². The first-order chi connectivity index (χ1) is 17.5. The zero-order chi connectivity index (χ0) is 25.2. The molecule has 3 aliphatic rings. The van der Waals surface area contributed by atoms with Crippen molar-refractivity contribution in [1.82, 2.24) is 14.7 Å². The standard InChI is InChI=1S/C29H35N3O4/c1-30(29(35)36)19-20-9-8-12-22-21(20)13-14-26-23(22)15-18-31(26)16-6-2-3-7-17-32-27(33)24-10-4-5-11-25(24)28(32)34/h4-5,8-12,23,26H,2-3,6-7,13-19H2,1H3,(H,35,36)/t23-,26+/m1/s1. The van der Waals surface area contributed by atoms with Crippen LogP contribution in [0.25, 0.3) is 0 Å². The number of amides is 3. The van der Waals surface area contributed by atoms with Crippen LogP contribution in [-0.4, -0.2) is 70.4 Å². The highest BCUT2D eigenvalue weighted by Crippen LogP contribution is 2.42. The molecule has 1 fully saturated rings. The molecule has 3 amide bonds. The van der Waals surface area contributed by atoms with Crippen LogP contribution in [0.1, 0.15) is 81.8 Å². The molecule has 2 atom stereocenters. The Morgan fingerprint density at radius 3 is 2.33 bits per heavy atom. The predicted molar refractivity (Wildman–Crippen MR) is 137 cm³/mol. The monoisotopic (exact) mass is 489 g/mol. The number of rotatable bonds is 9. The molecule has 0 unspecified atom stereocenters. The Kier molecular flexibility index (Phi) is 7.10. The molecule has 0 radical (unpaired) electrons. The molecular weight excluding hydrogens is 454 g/mol. The highest BCUT2D eigenvalue weighted by atomic mass is 16.4. The van der Waals surface area contributed by atoms with Gasteiger partial charge >= 0.3 is 6.09 Å². The summed E-state index contributed by atoms with van der Waals surface area (Å²) in [5, 5.41) is 9.27. The predicted octanol–water partition coefficient (Wildman–Crippen LogP) is 4.76. The van der Waals surface area contributed by atoms with E-state index in [0.29, 0.717) is 36.2 Å². The average Bonchev–Trinajstić information content (AvgIpc) is 3.40. The third kappa shape index (κ3) is 4.64. The minimum atomic E-state index is -0.892. The van der Waals surface area contributed by atoms with E-state index in [0.717, 1.165) is 63.6 Å². The van der Waals surface area contributed by atoms with E-state index < -0.39 is 6.09 Å². The van der Waals surface area contributed by atoms with Crippen molar-refractivity contribution >= 4 is 17.9 Å². The highest BCUT2D eigenvalue weighted by molar-refractivity contribution is 6.21. The number of carbonyl (C=O) groups is 3. The number of carbonyl (C=O) groups excluding carboxylic acids is 2. The molecule has 1 N–H and O–H groups in total. The van der Waals surface area contributed by atoms with Crippen molar-refractivity contribution in [2.24, 2.45) is 0 Å². The van der Waals surface area contributed by atoms with E-state index in [-0.39, 0.29) is 11.8 Å². The van der Waals surface area contributed by atoms with Gasteiger partial charge in [-0.2, -0.15) is 0 Å². The van der Waals surface area contributed by atoms with E-state index in [1.54, 1.807) is 31.3 Å². The quantitative estimate of drug-likeness (QED) is 0.406. The summed E-state index contributed by atoms with van der Waals surface area (Å²) in [5.74, 6) is 0.223. The van der Waals surface area contributed by atoms with Crippen LogP contribution in [0.5, 0.6) is 0 Å². The van der Waals surface area contributed by atoms with Gasteiger partial charge in [0.1, 0.15) is 0 Å². The third-order valence-electron chi connectivity index (χ3n) is 8.25. The molecule has 7 heteroatoms. The van der Waals surface area contributed by atoms with E-state index in [1.165, 1.54) is 20.9 Å². The van der Waals surface area contributed by atoms with E-state index in [9.17, 15) is 19.5 Å². The van der Waals surface area contributed by atoms with Gasteiger partial charge in [0.2, 0.25) is 0 Å². The molecule has 2 heterocycles. The number of unbranched alkanes of at least 4 members (excludes halogenated alkanes) is 3. The highest BCUT2D eigenvalue weighted by Gasteiger charge is 2.39. The molecule has 2 aliphatic heterocycles. The van der Waals surface area contributed by atoms with Gasteiger partial charge in [0.05, 0.1) is 11.1 Å². The van der Waals surface area contributed by atoms with Crippen LogP contribution in [0.15, 0.2) is 42.5 Å². The second-order valence-electron chi connectivity index (χ2n) is 10.4. The maximum absolute atomic E-state index is 12.5. The molecule has 5 rings (SSSR count). The topological polar surface area (TPSA) is 81.2 Å². The Hall–Kier alpha value is -3.19. The van der Waals surface area contributed by atoms with Gasteiger partial charge in [-0.3, -0.25) is 19.4 Å². The van der Waals surface area contributed by atoms with Crippen molar-refractivity contribution in [2.75, 3.05) is 26.7 Å². The van der Waals surface area contributed by atoms with Gasteiger partial charge in [0.15, 0.2) is 0 Å². The Balaban J connectivity index is 1.08.